The van der Waals surface area contributed by atoms with Gasteiger partial charge in [0.25, 0.3) is 0 Å². The first-order valence-corrected chi connectivity index (χ1v) is 19.2. The van der Waals surface area contributed by atoms with Crippen molar-refractivity contribution >= 4 is 56.0 Å². The third-order valence-electron chi connectivity index (χ3n) is 13.1. The highest BCUT2D eigenvalue weighted by Crippen LogP contribution is 2.41. The number of anilines is 1. The Labute approximate surface area is 333 Å². The molecule has 0 aromatic heterocycles. The zero-order valence-electron chi connectivity index (χ0n) is 36.8. The highest BCUT2D eigenvalue weighted by molar-refractivity contribution is 6.70. The summed E-state index contributed by atoms with van der Waals surface area (Å²) in [7, 11) is 0.969. The Kier molecular flexibility index (Phi) is 11.4. The van der Waals surface area contributed by atoms with Crippen LogP contribution in [0.15, 0.2) is 18.2 Å². The fourth-order valence-corrected chi connectivity index (χ4v) is 6.32. The Hall–Kier alpha value is -2.23. The number of methoxy groups -OCH3 is 1. The van der Waals surface area contributed by atoms with Gasteiger partial charge in [-0.05, 0) is 128 Å². The van der Waals surface area contributed by atoms with Crippen molar-refractivity contribution in [2.75, 3.05) is 26.1 Å². The van der Waals surface area contributed by atoms with E-state index < -0.39 is 88.8 Å². The van der Waals surface area contributed by atoms with Crippen molar-refractivity contribution in [3.63, 3.8) is 0 Å². The zero-order valence-corrected chi connectivity index (χ0v) is 36.8. The fourth-order valence-electron chi connectivity index (χ4n) is 6.32. The molecule has 10 nitrogen and oxygen atoms in total. The molecule has 0 N–H and O–H groups in total. The average Bonchev–Trinajstić information content (AvgIpc) is 3.56. The normalized spacial score (nSPS) is 24.7. The summed E-state index contributed by atoms with van der Waals surface area (Å²) in [6.07, 6.45) is 0. The van der Waals surface area contributed by atoms with Gasteiger partial charge in [-0.15, -0.1) is 0 Å². The van der Waals surface area contributed by atoms with Crippen molar-refractivity contribution in [3.8, 4) is 5.75 Å². The van der Waals surface area contributed by atoms with Gasteiger partial charge in [-0.3, -0.25) is 0 Å². The smallest absolute Gasteiger partial charge is 0.497 e. The summed E-state index contributed by atoms with van der Waals surface area (Å²) < 4.78 is 102. The first kappa shape index (κ1) is 44.9. The Morgan fingerprint density at radius 1 is 0.429 bits per heavy atom. The van der Waals surface area contributed by atoms with Crippen LogP contribution in [0.1, 0.15) is 111 Å². The standard InChI is InChI=1S/C24H36B3F3O6.C15H24BNO3/c1-19(2)20(3,4)32-25(31-19)13-16(28)14(26-33-21(5,6)22(7,8)34-26)18(30)15(17(13)29)27-35-23(9,10)24(11,12)36-27;1-14(2)15(3,4)20-16(19-14)11-8-12(17(5)6)10-13(9-11)18-7/h1-12H3;8-10H,1-7H3. The SMILES string of the molecule is CC1(C)OB(c2c(F)c(B3OC(C)(C)C(C)(C)O3)c(F)c(B3OC(C)(C)C(C)(C)O3)c2F)OC1(C)C.COc1cc(B2OC(C)(C)C(C)(C)O2)cc(N(C)C)c1. The van der Waals surface area contributed by atoms with Crippen LogP contribution in [0, 0.1) is 17.5 Å². The fraction of sp³-hybridized carbons (Fsp3) is 0.692. The summed E-state index contributed by atoms with van der Waals surface area (Å²) >= 11 is 0. The quantitative estimate of drug-likeness (QED) is 0.371. The maximum atomic E-state index is 16.2. The number of benzene rings is 2. The topological polar surface area (TPSA) is 86.3 Å². The van der Waals surface area contributed by atoms with Gasteiger partial charge in [0.15, 0.2) is 0 Å². The number of hydrogen-bond acceptors (Lipinski definition) is 10. The molecule has 0 radical (unpaired) electrons. The van der Waals surface area contributed by atoms with Gasteiger partial charge in [-0.1, -0.05) is 0 Å². The van der Waals surface area contributed by atoms with E-state index in [1.165, 1.54) is 0 Å². The van der Waals surface area contributed by atoms with Gasteiger partial charge < -0.3 is 46.9 Å². The summed E-state index contributed by atoms with van der Waals surface area (Å²) in [5.74, 6) is -2.77. The number of nitrogens with zero attached hydrogens (tertiary/aromatic N) is 1. The Bertz CT molecular complexity index is 1620. The molecule has 17 heteroatoms. The van der Waals surface area contributed by atoms with Crippen LogP contribution in [0.4, 0.5) is 18.9 Å². The van der Waals surface area contributed by atoms with Crippen LogP contribution in [-0.2, 0) is 37.2 Å². The summed E-state index contributed by atoms with van der Waals surface area (Å²) in [6.45, 7) is 29.3. The van der Waals surface area contributed by atoms with Crippen LogP contribution in [0.25, 0.3) is 0 Å². The van der Waals surface area contributed by atoms with E-state index in [0.29, 0.717) is 0 Å². The molecular weight excluding hydrogens is 727 g/mol. The van der Waals surface area contributed by atoms with Gasteiger partial charge in [0.2, 0.25) is 0 Å². The van der Waals surface area contributed by atoms with E-state index in [4.69, 9.17) is 42.0 Å². The minimum atomic E-state index is -1.45. The lowest BCUT2D eigenvalue weighted by molar-refractivity contribution is 0.00578. The van der Waals surface area contributed by atoms with Gasteiger partial charge >= 0.3 is 28.5 Å². The van der Waals surface area contributed by atoms with Crippen LogP contribution in [0.2, 0.25) is 0 Å². The van der Waals surface area contributed by atoms with Gasteiger partial charge in [0.05, 0.1) is 68.3 Å². The summed E-state index contributed by atoms with van der Waals surface area (Å²) in [6, 6.07) is 6.04. The Morgan fingerprint density at radius 2 is 0.679 bits per heavy atom. The van der Waals surface area contributed by atoms with Crippen molar-refractivity contribution in [1.82, 2.24) is 0 Å². The summed E-state index contributed by atoms with van der Waals surface area (Å²) in [5.41, 5.74) is -5.70. The lowest BCUT2D eigenvalue weighted by atomic mass is 9.64. The summed E-state index contributed by atoms with van der Waals surface area (Å²) in [5, 5.41) is 0. The molecule has 4 aliphatic rings. The first-order chi connectivity index (χ1) is 25.2. The molecule has 4 heterocycles. The molecule has 6 rings (SSSR count). The molecule has 56 heavy (non-hydrogen) atoms. The molecule has 0 unspecified atom stereocenters. The van der Waals surface area contributed by atoms with Crippen LogP contribution in [0.3, 0.4) is 0 Å². The first-order valence-electron chi connectivity index (χ1n) is 19.2. The highest BCUT2D eigenvalue weighted by Gasteiger charge is 2.60. The number of ether oxygens (including phenoxy) is 1. The molecule has 4 fully saturated rings. The average molecular weight is 787 g/mol. The number of halogens is 3. The molecule has 4 saturated heterocycles. The van der Waals surface area contributed by atoms with Gasteiger partial charge in [-0.25, -0.2) is 13.2 Å². The minimum Gasteiger partial charge on any atom is -0.497 e. The van der Waals surface area contributed by atoms with E-state index in [0.717, 1.165) is 16.9 Å². The van der Waals surface area contributed by atoms with Crippen molar-refractivity contribution in [1.29, 1.82) is 0 Å². The van der Waals surface area contributed by atoms with Crippen LogP contribution in [-0.4, -0.2) is 94.5 Å². The van der Waals surface area contributed by atoms with Crippen LogP contribution >= 0.6 is 0 Å². The molecule has 2 aromatic rings. The minimum absolute atomic E-state index is 0.334. The number of rotatable bonds is 6. The second-order valence-corrected chi connectivity index (χ2v) is 19.4. The van der Waals surface area contributed by atoms with E-state index in [2.05, 4.69) is 33.8 Å². The maximum Gasteiger partial charge on any atom is 0.500 e. The Balaban J connectivity index is 0.000000253. The second kappa shape index (κ2) is 14.2. The second-order valence-electron chi connectivity index (χ2n) is 19.4. The monoisotopic (exact) mass is 787 g/mol. The van der Waals surface area contributed by atoms with Gasteiger partial charge in [-0.2, -0.15) is 0 Å². The van der Waals surface area contributed by atoms with Crippen molar-refractivity contribution in [2.45, 2.75) is 156 Å². The third-order valence-corrected chi connectivity index (χ3v) is 13.1. The molecule has 0 aliphatic carbocycles. The van der Waals surface area contributed by atoms with Crippen LogP contribution in [0.5, 0.6) is 5.75 Å². The van der Waals surface area contributed by atoms with E-state index in [9.17, 15) is 0 Å². The molecular formula is C39H60B4F3NO9. The van der Waals surface area contributed by atoms with Crippen molar-refractivity contribution in [2.24, 2.45) is 0 Å². The van der Waals surface area contributed by atoms with Crippen molar-refractivity contribution in [3.05, 3.63) is 35.7 Å². The molecule has 2 aromatic carbocycles. The lowest BCUT2D eigenvalue weighted by Gasteiger charge is -2.32. The molecule has 0 spiro atoms. The van der Waals surface area contributed by atoms with Crippen molar-refractivity contribution < 1.29 is 55.1 Å². The molecule has 0 bridgehead atoms. The predicted octanol–water partition coefficient (Wildman–Crippen LogP) is 5.06. The van der Waals surface area contributed by atoms with E-state index in [1.807, 2.05) is 31.1 Å². The molecule has 0 amide bonds. The summed E-state index contributed by atoms with van der Waals surface area (Å²) in [4.78, 5) is 2.04. The number of hydrogen-bond donors (Lipinski definition) is 0. The molecule has 0 atom stereocenters. The highest BCUT2D eigenvalue weighted by atomic mass is 19.1. The van der Waals surface area contributed by atoms with E-state index in [1.54, 1.807) is 90.2 Å². The Morgan fingerprint density at radius 3 is 0.911 bits per heavy atom. The van der Waals surface area contributed by atoms with Crippen LogP contribution < -0.4 is 31.5 Å². The molecule has 4 aliphatic heterocycles. The lowest BCUT2D eigenvalue weighted by Crippen LogP contribution is -2.56. The van der Waals surface area contributed by atoms with Gasteiger partial charge in [0.1, 0.15) is 23.2 Å². The molecule has 0 saturated carbocycles. The van der Waals surface area contributed by atoms with Gasteiger partial charge in [0, 0.05) is 25.8 Å². The van der Waals surface area contributed by atoms with E-state index in [-0.39, 0.29) is 18.3 Å². The predicted molar refractivity (Wildman–Crippen MR) is 217 cm³/mol. The van der Waals surface area contributed by atoms with E-state index >= 15 is 13.2 Å². The maximum absolute atomic E-state index is 16.2. The zero-order chi connectivity index (χ0) is 42.6. The largest absolute Gasteiger partial charge is 0.500 e. The molecule has 308 valence electrons. The third kappa shape index (κ3) is 7.69.